The number of nitrogens with zero attached hydrogens (tertiary/aromatic N) is 1. The summed E-state index contributed by atoms with van der Waals surface area (Å²) in [5, 5.41) is 3.02. The van der Waals surface area contributed by atoms with Crippen LogP contribution >= 0.6 is 0 Å². The van der Waals surface area contributed by atoms with Crippen LogP contribution in [0.2, 0.25) is 0 Å². The van der Waals surface area contributed by atoms with Crippen LogP contribution < -0.4 is 14.4 Å². The molecule has 0 aliphatic heterocycles. The Hall–Kier alpha value is -2.54. The molecular weight excluding hydrogens is 400 g/mol. The maximum Gasteiger partial charge on any atom is 0.248 e. The van der Waals surface area contributed by atoms with E-state index in [1.807, 2.05) is 45.9 Å². The Bertz CT molecular complexity index is 933. The highest BCUT2D eigenvalue weighted by molar-refractivity contribution is 7.92. The second kappa shape index (κ2) is 10.5. The smallest absolute Gasteiger partial charge is 0.248 e. The Labute approximate surface area is 180 Å². The zero-order chi connectivity index (χ0) is 22.3. The summed E-state index contributed by atoms with van der Waals surface area (Å²) in [7, 11) is -3.69. The number of sulfonamides is 1. The van der Waals surface area contributed by atoms with Gasteiger partial charge in [0, 0.05) is 5.69 Å². The fraction of sp³-hybridized carbons (Fsp3) is 0.435. The third-order valence-electron chi connectivity index (χ3n) is 4.98. The lowest BCUT2D eigenvalue weighted by Crippen LogP contribution is -2.47. The van der Waals surface area contributed by atoms with E-state index in [4.69, 9.17) is 4.74 Å². The van der Waals surface area contributed by atoms with Gasteiger partial charge in [-0.3, -0.25) is 9.10 Å². The first-order chi connectivity index (χ1) is 14.3. The third kappa shape index (κ3) is 5.53. The minimum absolute atomic E-state index is 0.335. The van der Waals surface area contributed by atoms with Gasteiger partial charge in [-0.2, -0.15) is 0 Å². The Kier molecular flexibility index (Phi) is 8.29. The van der Waals surface area contributed by atoms with Gasteiger partial charge in [0.15, 0.2) is 0 Å². The minimum Gasteiger partial charge on any atom is -0.494 e. The number of carbonyl (C=O) groups excluding carboxylic acids is 1. The lowest BCUT2D eigenvalue weighted by molar-refractivity contribution is -0.117. The van der Waals surface area contributed by atoms with E-state index in [1.165, 1.54) is 4.31 Å². The van der Waals surface area contributed by atoms with Crippen LogP contribution in [0.1, 0.15) is 45.2 Å². The van der Waals surface area contributed by atoms with Gasteiger partial charge in [-0.25, -0.2) is 8.42 Å². The van der Waals surface area contributed by atoms with Crippen LogP contribution in [-0.2, 0) is 27.7 Å². The Morgan fingerprint density at radius 1 is 1.00 bits per heavy atom. The SMILES string of the molecule is CCOc1ccc(N(C(CC)C(=O)Nc2c(CC)cccc2CC)S(C)(=O)=O)cc1. The van der Waals surface area contributed by atoms with E-state index in [0.717, 1.165) is 35.9 Å². The van der Waals surface area contributed by atoms with Crippen LogP contribution in [0.25, 0.3) is 0 Å². The Balaban J connectivity index is 2.42. The fourth-order valence-electron chi connectivity index (χ4n) is 3.53. The molecule has 0 aromatic heterocycles. The molecule has 0 bridgehead atoms. The van der Waals surface area contributed by atoms with Crippen LogP contribution in [0.5, 0.6) is 5.75 Å². The molecule has 1 unspecified atom stereocenters. The number of benzene rings is 2. The largest absolute Gasteiger partial charge is 0.494 e. The first-order valence-corrected chi connectivity index (χ1v) is 12.2. The molecule has 0 spiro atoms. The van der Waals surface area contributed by atoms with Gasteiger partial charge in [0.05, 0.1) is 18.6 Å². The molecule has 0 heterocycles. The van der Waals surface area contributed by atoms with Gasteiger partial charge in [0.1, 0.15) is 11.8 Å². The van der Waals surface area contributed by atoms with Crippen LogP contribution in [0.4, 0.5) is 11.4 Å². The van der Waals surface area contributed by atoms with Gasteiger partial charge in [-0.15, -0.1) is 0 Å². The molecule has 2 aromatic rings. The van der Waals surface area contributed by atoms with Gasteiger partial charge in [0.25, 0.3) is 0 Å². The number of carbonyl (C=O) groups is 1. The summed E-state index contributed by atoms with van der Waals surface area (Å²) in [6.07, 6.45) is 3.00. The van der Waals surface area contributed by atoms with Crippen molar-refractivity contribution in [3.05, 3.63) is 53.6 Å². The van der Waals surface area contributed by atoms with Crippen LogP contribution in [-0.4, -0.2) is 33.2 Å². The van der Waals surface area contributed by atoms with Gasteiger partial charge in [-0.1, -0.05) is 39.0 Å². The molecule has 0 radical (unpaired) electrons. The Morgan fingerprint density at radius 3 is 2.00 bits per heavy atom. The maximum absolute atomic E-state index is 13.3. The fourth-order valence-corrected chi connectivity index (χ4v) is 4.74. The van der Waals surface area contributed by atoms with Crippen LogP contribution in [0.15, 0.2) is 42.5 Å². The number of nitrogens with one attached hydrogen (secondary N) is 1. The molecule has 0 fully saturated rings. The predicted octanol–water partition coefficient (Wildman–Crippen LogP) is 4.39. The number of hydrogen-bond donors (Lipinski definition) is 1. The van der Waals surface area contributed by atoms with Crippen molar-refractivity contribution in [2.75, 3.05) is 22.5 Å². The second-order valence-electron chi connectivity index (χ2n) is 7.06. The topological polar surface area (TPSA) is 75.7 Å². The molecule has 0 saturated heterocycles. The van der Waals surface area contributed by atoms with Gasteiger partial charge in [-0.05, 0) is 61.6 Å². The van der Waals surface area contributed by atoms with E-state index < -0.39 is 16.1 Å². The van der Waals surface area contributed by atoms with E-state index in [2.05, 4.69) is 5.32 Å². The van der Waals surface area contributed by atoms with E-state index in [9.17, 15) is 13.2 Å². The predicted molar refractivity (Wildman–Crippen MR) is 123 cm³/mol. The molecule has 1 N–H and O–H groups in total. The molecule has 1 amide bonds. The normalized spacial score (nSPS) is 12.3. The van der Waals surface area contributed by atoms with Crippen molar-refractivity contribution in [3.63, 3.8) is 0 Å². The average Bonchev–Trinajstić information content (AvgIpc) is 2.72. The summed E-state index contributed by atoms with van der Waals surface area (Å²) in [6, 6.07) is 11.8. The molecule has 2 rings (SSSR count). The van der Waals surface area contributed by atoms with E-state index in [0.29, 0.717) is 24.5 Å². The summed E-state index contributed by atoms with van der Waals surface area (Å²) in [5.41, 5.74) is 3.28. The number of anilines is 2. The minimum atomic E-state index is -3.69. The highest BCUT2D eigenvalue weighted by Crippen LogP contribution is 2.27. The molecule has 2 aromatic carbocycles. The molecule has 0 saturated carbocycles. The van der Waals surface area contributed by atoms with E-state index in [-0.39, 0.29) is 5.91 Å². The molecule has 1 atom stereocenters. The van der Waals surface area contributed by atoms with Crippen molar-refractivity contribution >= 4 is 27.3 Å². The quantitative estimate of drug-likeness (QED) is 0.604. The van der Waals surface area contributed by atoms with E-state index >= 15 is 0 Å². The maximum atomic E-state index is 13.3. The monoisotopic (exact) mass is 432 g/mol. The van der Waals surface area contributed by atoms with Gasteiger partial charge in [0.2, 0.25) is 15.9 Å². The molecule has 0 aliphatic carbocycles. The molecular formula is C23H32N2O4S. The number of aryl methyl sites for hydroxylation is 2. The lowest BCUT2D eigenvalue weighted by atomic mass is 10.0. The first kappa shape index (κ1) is 23.7. The number of ether oxygens (including phenoxy) is 1. The van der Waals surface area contributed by atoms with Crippen molar-refractivity contribution < 1.29 is 17.9 Å². The summed E-state index contributed by atoms with van der Waals surface area (Å²) >= 11 is 0. The average molecular weight is 433 g/mol. The van der Waals surface area contributed by atoms with Crippen LogP contribution in [0, 0.1) is 0 Å². The summed E-state index contributed by atoms with van der Waals surface area (Å²) in [6.45, 7) is 8.27. The Morgan fingerprint density at radius 2 is 1.57 bits per heavy atom. The summed E-state index contributed by atoms with van der Waals surface area (Å²) in [5.74, 6) is 0.309. The second-order valence-corrected chi connectivity index (χ2v) is 8.92. The molecule has 7 heteroatoms. The van der Waals surface area contributed by atoms with Crippen molar-refractivity contribution in [2.45, 2.75) is 53.0 Å². The van der Waals surface area contributed by atoms with E-state index in [1.54, 1.807) is 24.3 Å². The van der Waals surface area contributed by atoms with Crippen LogP contribution in [0.3, 0.4) is 0 Å². The highest BCUT2D eigenvalue weighted by atomic mass is 32.2. The standard InChI is InChI=1S/C23H32N2O4S/c1-6-17-11-10-12-18(7-2)22(17)24-23(26)21(8-3)25(30(5,27)28)19-13-15-20(16-14-19)29-9-4/h10-16,21H,6-9H2,1-5H3,(H,24,26). The van der Waals surface area contributed by atoms with Crippen molar-refractivity contribution in [3.8, 4) is 5.75 Å². The molecule has 0 aliphatic rings. The number of amides is 1. The number of hydrogen-bond acceptors (Lipinski definition) is 4. The first-order valence-electron chi connectivity index (χ1n) is 10.4. The third-order valence-corrected chi connectivity index (χ3v) is 6.16. The lowest BCUT2D eigenvalue weighted by Gasteiger charge is -2.30. The zero-order valence-electron chi connectivity index (χ0n) is 18.4. The molecule has 164 valence electrons. The highest BCUT2D eigenvalue weighted by Gasteiger charge is 2.32. The summed E-state index contributed by atoms with van der Waals surface area (Å²) < 4.78 is 32.0. The number of rotatable bonds is 10. The van der Waals surface area contributed by atoms with Crippen molar-refractivity contribution in [1.82, 2.24) is 0 Å². The zero-order valence-corrected chi connectivity index (χ0v) is 19.3. The van der Waals surface area contributed by atoms with Crippen molar-refractivity contribution in [1.29, 1.82) is 0 Å². The van der Waals surface area contributed by atoms with Gasteiger partial charge < -0.3 is 10.1 Å². The number of para-hydroxylation sites is 1. The molecule has 6 nitrogen and oxygen atoms in total. The van der Waals surface area contributed by atoms with Crippen molar-refractivity contribution in [2.24, 2.45) is 0 Å². The molecule has 30 heavy (non-hydrogen) atoms. The summed E-state index contributed by atoms with van der Waals surface area (Å²) in [4.78, 5) is 13.3. The van der Waals surface area contributed by atoms with Gasteiger partial charge >= 0.3 is 0 Å².